The molecular weight excluding hydrogens is 362 g/mol. The fourth-order valence-corrected chi connectivity index (χ4v) is 2.74. The molecule has 0 saturated heterocycles. The fourth-order valence-electron chi connectivity index (χ4n) is 2.74. The molecule has 0 fully saturated rings. The lowest BCUT2D eigenvalue weighted by Crippen LogP contribution is -2.43. The van der Waals surface area contributed by atoms with Gasteiger partial charge in [0.05, 0.1) is 19.1 Å². The van der Waals surface area contributed by atoms with Crippen LogP contribution in [0.5, 0.6) is 0 Å². The average molecular weight is 387 g/mol. The number of unbranched alkanes of at least 4 members (excludes halogenated alkanes) is 2. The molecule has 9 nitrogen and oxygen atoms in total. The van der Waals surface area contributed by atoms with Crippen LogP contribution in [0.25, 0.3) is 11.0 Å². The third-order valence-corrected chi connectivity index (χ3v) is 4.26. The second-order valence-corrected chi connectivity index (χ2v) is 6.39. The molecule has 3 N–H and O–H groups in total. The average Bonchev–Trinajstić information content (AvgIpc) is 2.72. The monoisotopic (exact) mass is 387 g/mol. The summed E-state index contributed by atoms with van der Waals surface area (Å²) in [7, 11) is 0. The molecule has 2 aromatic rings. The molecule has 0 unspecified atom stereocenters. The third kappa shape index (κ3) is 6.27. The van der Waals surface area contributed by atoms with Crippen molar-refractivity contribution in [2.24, 2.45) is 5.92 Å². The lowest BCUT2D eigenvalue weighted by Gasteiger charge is -2.19. The van der Waals surface area contributed by atoms with Crippen LogP contribution in [0.1, 0.15) is 43.1 Å². The first kappa shape index (κ1) is 21.2. The first-order valence-corrected chi connectivity index (χ1v) is 9.23. The number of amides is 3. The van der Waals surface area contributed by atoms with Gasteiger partial charge in [-0.2, -0.15) is 0 Å². The Balaban J connectivity index is 1.88. The molecule has 0 spiro atoms. The normalized spacial score (nSPS) is 11.6. The van der Waals surface area contributed by atoms with E-state index >= 15 is 0 Å². The number of hydrogen-bond acceptors (Lipinski definition) is 6. The number of pyridine rings is 2. The zero-order valence-corrected chi connectivity index (χ0v) is 15.8. The molecule has 2 rings (SSSR count). The summed E-state index contributed by atoms with van der Waals surface area (Å²) in [6, 6.07) is 6.97. The summed E-state index contributed by atoms with van der Waals surface area (Å²) in [6.45, 7) is 1.87. The summed E-state index contributed by atoms with van der Waals surface area (Å²) in [4.78, 5) is 43.5. The number of fused-ring (bicyclic) bond motifs is 1. The van der Waals surface area contributed by atoms with Crippen LogP contribution in [0.3, 0.4) is 0 Å². The minimum absolute atomic E-state index is 0.0869. The van der Waals surface area contributed by atoms with Crippen molar-refractivity contribution in [1.29, 1.82) is 0 Å². The van der Waals surface area contributed by atoms with Crippen molar-refractivity contribution >= 4 is 29.3 Å². The quantitative estimate of drug-likeness (QED) is 0.176. The highest BCUT2D eigenvalue weighted by Crippen LogP contribution is 2.11. The second kappa shape index (κ2) is 10.9. The largest absolute Gasteiger partial charge is 0.338 e. The summed E-state index contributed by atoms with van der Waals surface area (Å²) >= 11 is 0. The number of carbonyl (C=O) groups excluding carboxylic acids is 3. The number of carbonyl (C=O) groups is 3. The minimum atomic E-state index is -0.554. The molecular formula is C19H25N5O4. The van der Waals surface area contributed by atoms with Crippen molar-refractivity contribution in [3.63, 3.8) is 0 Å². The maximum Gasteiger partial charge on any atom is 0.271 e. The maximum absolute atomic E-state index is 12.3. The molecule has 0 radical (unpaired) electrons. The highest BCUT2D eigenvalue weighted by Gasteiger charge is 2.20. The molecule has 0 aliphatic heterocycles. The van der Waals surface area contributed by atoms with Crippen LogP contribution in [0, 0.1) is 5.92 Å². The minimum Gasteiger partial charge on any atom is -0.338 e. The summed E-state index contributed by atoms with van der Waals surface area (Å²) < 4.78 is 0. The molecule has 28 heavy (non-hydrogen) atoms. The van der Waals surface area contributed by atoms with Gasteiger partial charge in [-0.3, -0.25) is 19.6 Å². The van der Waals surface area contributed by atoms with Crippen molar-refractivity contribution in [3.8, 4) is 0 Å². The van der Waals surface area contributed by atoms with Crippen molar-refractivity contribution < 1.29 is 19.6 Å². The van der Waals surface area contributed by atoms with Crippen molar-refractivity contribution in [2.45, 2.75) is 32.6 Å². The first-order chi connectivity index (χ1) is 13.5. The summed E-state index contributed by atoms with van der Waals surface area (Å²) in [5.41, 5.74) is 0.662. The van der Waals surface area contributed by atoms with E-state index in [0.29, 0.717) is 17.1 Å². The lowest BCUT2D eigenvalue weighted by molar-refractivity contribution is -0.154. The Bertz CT molecular complexity index is 814. The zero-order valence-electron chi connectivity index (χ0n) is 15.8. The smallest absolute Gasteiger partial charge is 0.271 e. The van der Waals surface area contributed by atoms with Crippen molar-refractivity contribution in [3.05, 3.63) is 36.2 Å². The number of aromatic nitrogens is 2. The van der Waals surface area contributed by atoms with E-state index in [1.54, 1.807) is 24.4 Å². The Morgan fingerprint density at radius 2 is 2.07 bits per heavy atom. The predicted molar refractivity (Wildman–Crippen MR) is 102 cm³/mol. The molecule has 3 amide bonds. The molecule has 0 saturated carbocycles. The Morgan fingerprint density at radius 1 is 1.25 bits per heavy atom. The summed E-state index contributed by atoms with van der Waals surface area (Å²) in [5, 5.41) is 15.9. The van der Waals surface area contributed by atoms with Gasteiger partial charge >= 0.3 is 0 Å². The number of hydroxylamine groups is 2. The van der Waals surface area contributed by atoms with Crippen LogP contribution < -0.4 is 10.6 Å². The number of nitrogens with zero attached hydrogens (tertiary/aromatic N) is 3. The van der Waals surface area contributed by atoms with Gasteiger partial charge < -0.3 is 10.6 Å². The number of nitrogens with one attached hydrogen (secondary N) is 2. The predicted octanol–water partition coefficient (Wildman–Crippen LogP) is 1.48. The van der Waals surface area contributed by atoms with E-state index in [1.807, 2.05) is 13.0 Å². The maximum atomic E-state index is 12.3. The number of hydrogen-bond donors (Lipinski definition) is 3. The van der Waals surface area contributed by atoms with Gasteiger partial charge in [-0.25, -0.2) is 15.0 Å². The highest BCUT2D eigenvalue weighted by molar-refractivity contribution is 5.94. The standard InChI is InChI=1S/C19H25N5O4/c1-2-3-4-6-15(11-24(28)13-25)18(26)21-12-22-19(27)16-9-8-14-7-5-10-20-17(14)23-16/h5,7-10,13,15,28H,2-4,6,11-12H2,1H3,(H,21,26)(H,22,27)/t15-/m0/s1. The van der Waals surface area contributed by atoms with E-state index in [2.05, 4.69) is 20.6 Å². The van der Waals surface area contributed by atoms with Crippen molar-refractivity contribution in [2.75, 3.05) is 13.2 Å². The SMILES string of the molecule is CCCCC[C@@H](CN(O)C=O)C(=O)NCNC(=O)c1ccc2cccnc2n1. The fraction of sp³-hybridized carbons (Fsp3) is 0.421. The van der Waals surface area contributed by atoms with E-state index in [-0.39, 0.29) is 31.2 Å². The van der Waals surface area contributed by atoms with Crippen LogP contribution >= 0.6 is 0 Å². The van der Waals surface area contributed by atoms with E-state index in [9.17, 15) is 19.6 Å². The van der Waals surface area contributed by atoms with Crippen LogP contribution in [0.2, 0.25) is 0 Å². The molecule has 2 aromatic heterocycles. The lowest BCUT2D eigenvalue weighted by atomic mass is 10.0. The van der Waals surface area contributed by atoms with E-state index in [4.69, 9.17) is 0 Å². The highest BCUT2D eigenvalue weighted by atomic mass is 16.5. The topological polar surface area (TPSA) is 125 Å². The van der Waals surface area contributed by atoms with E-state index in [0.717, 1.165) is 24.6 Å². The molecule has 2 heterocycles. The molecule has 0 aliphatic rings. The molecule has 0 aliphatic carbocycles. The van der Waals surface area contributed by atoms with Gasteiger partial charge in [-0.05, 0) is 30.7 Å². The van der Waals surface area contributed by atoms with E-state index < -0.39 is 11.8 Å². The Labute approximate surface area is 163 Å². The van der Waals surface area contributed by atoms with Gasteiger partial charge in [-0.15, -0.1) is 0 Å². The Morgan fingerprint density at radius 3 is 2.82 bits per heavy atom. The van der Waals surface area contributed by atoms with Crippen LogP contribution in [0.4, 0.5) is 0 Å². The molecule has 9 heteroatoms. The van der Waals surface area contributed by atoms with Gasteiger partial charge in [-0.1, -0.05) is 26.2 Å². The van der Waals surface area contributed by atoms with Crippen LogP contribution in [0.15, 0.2) is 30.5 Å². The third-order valence-electron chi connectivity index (χ3n) is 4.26. The van der Waals surface area contributed by atoms with Crippen molar-refractivity contribution in [1.82, 2.24) is 25.7 Å². The molecule has 0 aromatic carbocycles. The summed E-state index contributed by atoms with van der Waals surface area (Å²) in [6.07, 6.45) is 5.16. The zero-order chi connectivity index (χ0) is 20.4. The van der Waals surface area contributed by atoms with Gasteiger partial charge in [0, 0.05) is 11.6 Å². The van der Waals surface area contributed by atoms with Crippen LogP contribution in [-0.2, 0) is 9.59 Å². The molecule has 0 bridgehead atoms. The van der Waals surface area contributed by atoms with Gasteiger partial charge in [0.1, 0.15) is 5.69 Å². The number of rotatable bonds is 11. The van der Waals surface area contributed by atoms with Gasteiger partial charge in [0.2, 0.25) is 12.3 Å². The molecule has 150 valence electrons. The van der Waals surface area contributed by atoms with Crippen LogP contribution in [-0.4, -0.2) is 51.7 Å². The van der Waals surface area contributed by atoms with E-state index in [1.165, 1.54) is 0 Å². The Hall–Kier alpha value is -3.07. The Kier molecular flexibility index (Phi) is 8.29. The van der Waals surface area contributed by atoms with Gasteiger partial charge in [0.15, 0.2) is 5.65 Å². The second-order valence-electron chi connectivity index (χ2n) is 6.39. The first-order valence-electron chi connectivity index (χ1n) is 9.23. The van der Waals surface area contributed by atoms with Gasteiger partial charge in [0.25, 0.3) is 5.91 Å². The summed E-state index contributed by atoms with van der Waals surface area (Å²) in [5.74, 6) is -1.33. The molecule has 1 atom stereocenters.